The molecule has 0 spiro atoms. The molecule has 1 unspecified atom stereocenters. The van der Waals surface area contributed by atoms with Gasteiger partial charge in [-0.15, -0.1) is 11.3 Å². The molecule has 1 saturated heterocycles. The Morgan fingerprint density at radius 2 is 1.80 bits per heavy atom. The van der Waals surface area contributed by atoms with Crippen molar-refractivity contribution in [2.75, 3.05) is 20.2 Å². The molecule has 1 aromatic carbocycles. The van der Waals surface area contributed by atoms with Crippen molar-refractivity contribution < 1.29 is 4.74 Å². The first-order chi connectivity index (χ1) is 9.88. The highest BCUT2D eigenvalue weighted by atomic mass is 32.1. The van der Waals surface area contributed by atoms with E-state index in [1.54, 1.807) is 7.11 Å². The van der Waals surface area contributed by atoms with Crippen LogP contribution in [0.15, 0.2) is 41.8 Å². The molecule has 0 aliphatic carbocycles. The number of piperidine rings is 1. The fourth-order valence-corrected chi connectivity index (χ4v) is 3.85. The third kappa shape index (κ3) is 2.89. The lowest BCUT2D eigenvalue weighted by Gasteiger charge is -2.34. The second-order valence-corrected chi connectivity index (χ2v) is 6.27. The Hall–Kier alpha value is -1.32. The Morgan fingerprint density at radius 3 is 2.40 bits per heavy atom. The van der Waals surface area contributed by atoms with Crippen molar-refractivity contribution in [1.29, 1.82) is 0 Å². The van der Waals surface area contributed by atoms with Gasteiger partial charge < -0.3 is 4.74 Å². The van der Waals surface area contributed by atoms with Crippen LogP contribution in [0.4, 0.5) is 0 Å². The molecule has 20 heavy (non-hydrogen) atoms. The van der Waals surface area contributed by atoms with Gasteiger partial charge >= 0.3 is 0 Å². The molecule has 2 aromatic rings. The fourth-order valence-electron chi connectivity index (χ4n) is 2.96. The molecule has 0 N–H and O–H groups in total. The minimum absolute atomic E-state index is 0.404. The van der Waals surface area contributed by atoms with Crippen LogP contribution in [0.25, 0.3) is 0 Å². The van der Waals surface area contributed by atoms with Gasteiger partial charge in [-0.2, -0.15) is 0 Å². The molecular weight excluding hydrogens is 266 g/mol. The van der Waals surface area contributed by atoms with Gasteiger partial charge in [0.05, 0.1) is 13.2 Å². The highest BCUT2D eigenvalue weighted by molar-refractivity contribution is 7.10. The van der Waals surface area contributed by atoms with Crippen LogP contribution < -0.4 is 4.74 Å². The monoisotopic (exact) mass is 287 g/mol. The van der Waals surface area contributed by atoms with E-state index in [1.165, 1.54) is 42.8 Å². The molecule has 1 aromatic heterocycles. The summed E-state index contributed by atoms with van der Waals surface area (Å²) in [5.74, 6) is 0.928. The molecular formula is C17H21NOS. The molecule has 3 heteroatoms. The largest absolute Gasteiger partial charge is 0.497 e. The lowest BCUT2D eigenvalue weighted by molar-refractivity contribution is 0.189. The maximum absolute atomic E-state index is 5.27. The number of rotatable bonds is 4. The average molecular weight is 287 g/mol. The van der Waals surface area contributed by atoms with Crippen LogP contribution in [-0.2, 0) is 0 Å². The number of methoxy groups -OCH3 is 1. The molecule has 2 nitrogen and oxygen atoms in total. The van der Waals surface area contributed by atoms with Gasteiger partial charge in [0.1, 0.15) is 5.75 Å². The minimum atomic E-state index is 0.404. The Bertz CT molecular complexity index is 514. The first kappa shape index (κ1) is 13.7. The first-order valence-corrected chi connectivity index (χ1v) is 8.18. The molecule has 1 aliphatic heterocycles. The summed E-state index contributed by atoms with van der Waals surface area (Å²) < 4.78 is 5.27. The summed E-state index contributed by atoms with van der Waals surface area (Å²) >= 11 is 1.86. The SMILES string of the molecule is COc1ccc(C(c2cccs2)N2CCCCC2)cc1. The van der Waals surface area contributed by atoms with Crippen molar-refractivity contribution in [3.8, 4) is 5.75 Å². The summed E-state index contributed by atoms with van der Waals surface area (Å²) in [4.78, 5) is 4.06. The van der Waals surface area contributed by atoms with E-state index < -0.39 is 0 Å². The zero-order valence-electron chi connectivity index (χ0n) is 11.9. The van der Waals surface area contributed by atoms with E-state index >= 15 is 0 Å². The summed E-state index contributed by atoms with van der Waals surface area (Å²) in [6, 6.07) is 13.4. The quantitative estimate of drug-likeness (QED) is 0.830. The van der Waals surface area contributed by atoms with Crippen molar-refractivity contribution in [3.05, 3.63) is 52.2 Å². The Labute approximate surface area is 125 Å². The van der Waals surface area contributed by atoms with Crippen LogP contribution in [0, 0.1) is 0 Å². The van der Waals surface area contributed by atoms with Crippen molar-refractivity contribution in [1.82, 2.24) is 4.90 Å². The number of thiophene rings is 1. The van der Waals surface area contributed by atoms with Gasteiger partial charge in [-0.3, -0.25) is 4.90 Å². The number of benzene rings is 1. The first-order valence-electron chi connectivity index (χ1n) is 7.30. The summed E-state index contributed by atoms with van der Waals surface area (Å²) in [7, 11) is 1.72. The van der Waals surface area contributed by atoms with Gasteiger partial charge in [0.25, 0.3) is 0 Å². The summed E-state index contributed by atoms with van der Waals surface area (Å²) in [5, 5.41) is 2.18. The smallest absolute Gasteiger partial charge is 0.118 e. The van der Waals surface area contributed by atoms with Crippen molar-refractivity contribution >= 4 is 11.3 Å². The molecule has 3 rings (SSSR count). The van der Waals surface area contributed by atoms with E-state index in [0.717, 1.165) is 5.75 Å². The van der Waals surface area contributed by atoms with Gasteiger partial charge in [-0.05, 0) is 55.1 Å². The lowest BCUT2D eigenvalue weighted by Crippen LogP contribution is -2.33. The third-order valence-electron chi connectivity index (χ3n) is 4.00. The van der Waals surface area contributed by atoms with Crippen LogP contribution in [0.5, 0.6) is 5.75 Å². The Morgan fingerprint density at radius 1 is 1.05 bits per heavy atom. The number of hydrogen-bond acceptors (Lipinski definition) is 3. The maximum atomic E-state index is 5.27. The highest BCUT2D eigenvalue weighted by Gasteiger charge is 2.24. The molecule has 106 valence electrons. The van der Waals surface area contributed by atoms with Crippen molar-refractivity contribution in [3.63, 3.8) is 0 Å². The predicted octanol–water partition coefficient (Wildman–Crippen LogP) is 4.33. The number of likely N-dealkylation sites (tertiary alicyclic amines) is 1. The van der Waals surface area contributed by atoms with Crippen molar-refractivity contribution in [2.24, 2.45) is 0 Å². The van der Waals surface area contributed by atoms with Gasteiger partial charge in [0.2, 0.25) is 0 Å². The third-order valence-corrected chi connectivity index (χ3v) is 4.92. The maximum Gasteiger partial charge on any atom is 0.118 e. The Balaban J connectivity index is 1.91. The number of ether oxygens (including phenoxy) is 1. The molecule has 0 bridgehead atoms. The van der Waals surface area contributed by atoms with E-state index in [4.69, 9.17) is 4.74 Å². The van der Waals surface area contributed by atoms with Gasteiger partial charge in [-0.1, -0.05) is 24.6 Å². The van der Waals surface area contributed by atoms with Gasteiger partial charge in [0, 0.05) is 4.88 Å². The van der Waals surface area contributed by atoms with E-state index in [0.29, 0.717) is 6.04 Å². The van der Waals surface area contributed by atoms with E-state index in [9.17, 15) is 0 Å². The van der Waals surface area contributed by atoms with Crippen LogP contribution in [-0.4, -0.2) is 25.1 Å². The molecule has 0 amide bonds. The van der Waals surface area contributed by atoms with Gasteiger partial charge in [-0.25, -0.2) is 0 Å². The van der Waals surface area contributed by atoms with E-state index in [-0.39, 0.29) is 0 Å². The second kappa shape index (κ2) is 6.42. The van der Waals surface area contributed by atoms with Crippen LogP contribution in [0.1, 0.15) is 35.7 Å². The predicted molar refractivity (Wildman–Crippen MR) is 84.6 cm³/mol. The van der Waals surface area contributed by atoms with E-state index in [1.807, 2.05) is 11.3 Å². The average Bonchev–Trinajstić information content (AvgIpc) is 3.03. The normalized spacial score (nSPS) is 17.9. The van der Waals surface area contributed by atoms with Crippen LogP contribution in [0.3, 0.4) is 0 Å². The lowest BCUT2D eigenvalue weighted by atomic mass is 10.0. The number of hydrogen-bond donors (Lipinski definition) is 0. The summed E-state index contributed by atoms with van der Waals surface area (Å²) in [5.41, 5.74) is 1.37. The zero-order valence-corrected chi connectivity index (χ0v) is 12.7. The van der Waals surface area contributed by atoms with E-state index in [2.05, 4.69) is 46.7 Å². The molecule has 0 radical (unpaired) electrons. The van der Waals surface area contributed by atoms with Gasteiger partial charge in [0.15, 0.2) is 0 Å². The van der Waals surface area contributed by atoms with Crippen LogP contribution >= 0.6 is 11.3 Å². The minimum Gasteiger partial charge on any atom is -0.497 e. The molecule has 2 heterocycles. The van der Waals surface area contributed by atoms with Crippen molar-refractivity contribution in [2.45, 2.75) is 25.3 Å². The zero-order chi connectivity index (χ0) is 13.8. The topological polar surface area (TPSA) is 12.5 Å². The molecule has 0 saturated carbocycles. The van der Waals surface area contributed by atoms with Crippen LogP contribution in [0.2, 0.25) is 0 Å². The standard InChI is InChI=1S/C17H21NOS/c1-19-15-9-7-14(8-10-15)17(16-6-5-13-20-16)18-11-3-2-4-12-18/h5-10,13,17H,2-4,11-12H2,1H3. The summed E-state index contributed by atoms with van der Waals surface area (Å²) in [6.07, 6.45) is 4.01. The molecule has 1 fully saturated rings. The molecule has 1 atom stereocenters. The number of nitrogens with zero attached hydrogens (tertiary/aromatic N) is 1. The highest BCUT2D eigenvalue weighted by Crippen LogP contribution is 2.34. The Kier molecular flexibility index (Phi) is 4.38. The summed E-state index contributed by atoms with van der Waals surface area (Å²) in [6.45, 7) is 2.41. The second-order valence-electron chi connectivity index (χ2n) is 5.29. The fraction of sp³-hybridized carbons (Fsp3) is 0.412. The molecule has 1 aliphatic rings.